The molecule has 50 valence electrons. The first-order valence-corrected chi connectivity index (χ1v) is 3.75. The number of nitrogens with zero attached hydrogens (tertiary/aromatic N) is 1. The average molecular weight is 144 g/mol. The molecule has 0 radical (unpaired) electrons. The van der Waals surface area contributed by atoms with Crippen LogP contribution in [0.1, 0.15) is 6.92 Å². The number of ether oxygens (including phenoxy) is 1. The lowest BCUT2D eigenvalue weighted by Gasteiger charge is -1.91. The van der Waals surface area contributed by atoms with Gasteiger partial charge in [-0.2, -0.15) is 0 Å². The van der Waals surface area contributed by atoms with Crippen LogP contribution in [0.25, 0.3) is 0 Å². The lowest BCUT2D eigenvalue weighted by molar-refractivity contribution is -0.608. The zero-order valence-electron chi connectivity index (χ0n) is 5.63. The summed E-state index contributed by atoms with van der Waals surface area (Å²) in [5, 5.41) is 2.00. The van der Waals surface area contributed by atoms with E-state index in [4.69, 9.17) is 4.74 Å². The molecule has 0 unspecified atom stereocenters. The summed E-state index contributed by atoms with van der Waals surface area (Å²) in [4.78, 5) is 0. The fourth-order valence-corrected chi connectivity index (χ4v) is 1.20. The molecule has 0 spiro atoms. The van der Waals surface area contributed by atoms with Gasteiger partial charge in [-0.1, -0.05) is 0 Å². The maximum absolute atomic E-state index is 5.25. The van der Waals surface area contributed by atoms with Crippen molar-refractivity contribution in [3.05, 3.63) is 11.4 Å². The number of rotatable bonds is 2. The largest absolute Gasteiger partial charge is 0.444 e. The summed E-state index contributed by atoms with van der Waals surface area (Å²) in [5.74, 6) is 0.947. The third kappa shape index (κ3) is 1.42. The lowest BCUT2D eigenvalue weighted by atomic mass is 10.7. The van der Waals surface area contributed by atoms with Gasteiger partial charge in [0.25, 0.3) is 0 Å². The van der Waals surface area contributed by atoms with Crippen molar-refractivity contribution in [2.75, 3.05) is 6.61 Å². The van der Waals surface area contributed by atoms with Crippen LogP contribution in [0.5, 0.6) is 5.88 Å². The molecule has 0 atom stereocenters. The SMILES string of the molecule is CCOc1ccs[n+]1C. The number of hydrogen-bond acceptors (Lipinski definition) is 2. The molecule has 1 heterocycles. The molecule has 1 aromatic rings. The highest BCUT2D eigenvalue weighted by Gasteiger charge is 2.05. The highest BCUT2D eigenvalue weighted by atomic mass is 32.1. The summed E-state index contributed by atoms with van der Waals surface area (Å²) < 4.78 is 7.24. The summed E-state index contributed by atoms with van der Waals surface area (Å²) in [5.41, 5.74) is 0. The molecule has 0 fully saturated rings. The van der Waals surface area contributed by atoms with Crippen LogP contribution in [0.2, 0.25) is 0 Å². The minimum Gasteiger partial charge on any atom is -0.444 e. The van der Waals surface area contributed by atoms with Gasteiger partial charge in [-0.3, -0.25) is 0 Å². The normalized spacial score (nSPS) is 9.56. The summed E-state index contributed by atoms with van der Waals surface area (Å²) >= 11 is 1.64. The summed E-state index contributed by atoms with van der Waals surface area (Å²) in [6.07, 6.45) is 0. The second kappa shape index (κ2) is 2.82. The molecule has 3 heteroatoms. The third-order valence-electron chi connectivity index (χ3n) is 1.03. The van der Waals surface area contributed by atoms with Gasteiger partial charge in [-0.25, -0.2) is 0 Å². The molecule has 1 rings (SSSR count). The molecule has 0 amide bonds. The Morgan fingerprint density at radius 1 is 1.78 bits per heavy atom. The zero-order chi connectivity index (χ0) is 6.69. The molecular formula is C6H10NOS+. The maximum Gasteiger partial charge on any atom is 0.382 e. The van der Waals surface area contributed by atoms with Crippen LogP contribution >= 0.6 is 11.5 Å². The first kappa shape index (κ1) is 6.55. The maximum atomic E-state index is 5.25. The fourth-order valence-electron chi connectivity index (χ4n) is 0.624. The molecule has 0 aromatic carbocycles. The van der Waals surface area contributed by atoms with E-state index in [-0.39, 0.29) is 0 Å². The van der Waals surface area contributed by atoms with Crippen molar-refractivity contribution in [2.24, 2.45) is 7.05 Å². The second-order valence-electron chi connectivity index (χ2n) is 1.68. The minimum atomic E-state index is 0.741. The van der Waals surface area contributed by atoms with Gasteiger partial charge in [-0.15, -0.1) is 3.96 Å². The quantitative estimate of drug-likeness (QED) is 0.564. The van der Waals surface area contributed by atoms with Crippen LogP contribution in [0.3, 0.4) is 0 Å². The zero-order valence-corrected chi connectivity index (χ0v) is 6.44. The van der Waals surface area contributed by atoms with Crippen molar-refractivity contribution < 1.29 is 8.69 Å². The van der Waals surface area contributed by atoms with Crippen molar-refractivity contribution in [3.63, 3.8) is 0 Å². The minimum absolute atomic E-state index is 0.741. The van der Waals surface area contributed by atoms with E-state index in [0.29, 0.717) is 0 Å². The predicted octanol–water partition coefficient (Wildman–Crippen LogP) is 0.971. The van der Waals surface area contributed by atoms with Gasteiger partial charge in [-0.05, 0) is 6.92 Å². The standard InChI is InChI=1S/C6H10NOS/c1-3-8-6-4-5-9-7(6)2/h4-5H,3H2,1-2H3/q+1. The van der Waals surface area contributed by atoms with Gasteiger partial charge >= 0.3 is 5.88 Å². The average Bonchev–Trinajstić information content (AvgIpc) is 2.18. The van der Waals surface area contributed by atoms with Crippen molar-refractivity contribution >= 4 is 11.5 Å². The summed E-state index contributed by atoms with van der Waals surface area (Å²) in [6.45, 7) is 2.72. The van der Waals surface area contributed by atoms with Gasteiger partial charge in [0, 0.05) is 0 Å². The third-order valence-corrected chi connectivity index (χ3v) is 1.79. The molecule has 2 nitrogen and oxygen atoms in total. The van der Waals surface area contributed by atoms with E-state index in [1.807, 2.05) is 29.4 Å². The first-order chi connectivity index (χ1) is 4.34. The number of aromatic nitrogens is 1. The van der Waals surface area contributed by atoms with Crippen LogP contribution in [0.15, 0.2) is 11.4 Å². The summed E-state index contributed by atoms with van der Waals surface area (Å²) in [7, 11) is 1.98. The topological polar surface area (TPSA) is 13.1 Å². The Morgan fingerprint density at radius 3 is 3.00 bits per heavy atom. The predicted molar refractivity (Wildman–Crippen MR) is 36.7 cm³/mol. The van der Waals surface area contributed by atoms with Crippen LogP contribution < -0.4 is 8.69 Å². The van der Waals surface area contributed by atoms with Gasteiger partial charge in [0.2, 0.25) is 0 Å². The van der Waals surface area contributed by atoms with Gasteiger partial charge in [0.1, 0.15) is 11.5 Å². The van der Waals surface area contributed by atoms with Crippen molar-refractivity contribution in [3.8, 4) is 5.88 Å². The van der Waals surface area contributed by atoms with E-state index in [1.165, 1.54) is 0 Å². The van der Waals surface area contributed by atoms with E-state index in [0.717, 1.165) is 12.5 Å². The Bertz CT molecular complexity index is 185. The summed E-state index contributed by atoms with van der Waals surface area (Å²) in [6, 6.07) is 1.97. The van der Waals surface area contributed by atoms with Gasteiger partial charge < -0.3 is 4.74 Å². The van der Waals surface area contributed by atoms with E-state index >= 15 is 0 Å². The van der Waals surface area contributed by atoms with Gasteiger partial charge in [0.15, 0.2) is 7.05 Å². The molecule has 0 aliphatic carbocycles. The highest BCUT2D eigenvalue weighted by Crippen LogP contribution is 2.04. The Labute approximate surface area is 58.9 Å². The smallest absolute Gasteiger partial charge is 0.382 e. The Kier molecular flexibility index (Phi) is 2.05. The Hall–Kier alpha value is -0.570. The molecule has 0 aliphatic heterocycles. The molecule has 0 N–H and O–H groups in total. The molecular weight excluding hydrogens is 134 g/mol. The fraction of sp³-hybridized carbons (Fsp3) is 0.500. The molecule has 0 aliphatic rings. The highest BCUT2D eigenvalue weighted by molar-refractivity contribution is 6.99. The molecule has 0 saturated heterocycles. The lowest BCUT2D eigenvalue weighted by Crippen LogP contribution is -2.23. The van der Waals surface area contributed by atoms with Gasteiger partial charge in [0.05, 0.1) is 18.1 Å². The van der Waals surface area contributed by atoms with Crippen LogP contribution in [-0.2, 0) is 7.05 Å². The van der Waals surface area contributed by atoms with E-state index in [9.17, 15) is 0 Å². The Balaban J connectivity index is 2.69. The second-order valence-corrected chi connectivity index (χ2v) is 2.71. The van der Waals surface area contributed by atoms with Crippen molar-refractivity contribution in [2.45, 2.75) is 6.92 Å². The van der Waals surface area contributed by atoms with E-state index in [1.54, 1.807) is 11.5 Å². The first-order valence-electron chi connectivity index (χ1n) is 2.91. The van der Waals surface area contributed by atoms with Crippen molar-refractivity contribution in [1.82, 2.24) is 0 Å². The van der Waals surface area contributed by atoms with Crippen molar-refractivity contribution in [1.29, 1.82) is 0 Å². The molecule has 1 aromatic heterocycles. The van der Waals surface area contributed by atoms with Crippen LogP contribution in [0, 0.1) is 0 Å². The van der Waals surface area contributed by atoms with Crippen LogP contribution in [-0.4, -0.2) is 6.61 Å². The molecule has 0 saturated carbocycles. The number of aryl methyl sites for hydroxylation is 1. The Morgan fingerprint density at radius 2 is 2.56 bits per heavy atom. The van der Waals surface area contributed by atoms with E-state index < -0.39 is 0 Å². The molecule has 9 heavy (non-hydrogen) atoms. The van der Waals surface area contributed by atoms with Crippen LogP contribution in [0.4, 0.5) is 0 Å². The van der Waals surface area contributed by atoms with E-state index in [2.05, 4.69) is 0 Å². The molecule has 0 bridgehead atoms. The number of hydrogen-bond donors (Lipinski definition) is 0. The monoisotopic (exact) mass is 144 g/mol.